The van der Waals surface area contributed by atoms with E-state index in [9.17, 15) is 4.79 Å². The van der Waals surface area contributed by atoms with Crippen LogP contribution in [0.1, 0.15) is 5.56 Å². The van der Waals surface area contributed by atoms with Gasteiger partial charge in [0, 0.05) is 27.2 Å². The second-order valence-electron chi connectivity index (χ2n) is 8.78. The van der Waals surface area contributed by atoms with Crippen LogP contribution in [0.4, 0.5) is 0 Å². The van der Waals surface area contributed by atoms with E-state index >= 15 is 0 Å². The molecule has 168 valence electrons. The summed E-state index contributed by atoms with van der Waals surface area (Å²) in [6, 6.07) is 38.4. The van der Waals surface area contributed by atoms with Crippen LogP contribution in [0, 0.1) is 6.92 Å². The first-order chi connectivity index (χ1) is 17.1. The molecule has 3 heteroatoms. The maximum atomic E-state index is 14.1. The van der Waals surface area contributed by atoms with E-state index in [0.717, 1.165) is 49.8 Å². The predicted molar refractivity (Wildman–Crippen MR) is 148 cm³/mol. The average Bonchev–Trinajstić information content (AvgIpc) is 2.90. The lowest BCUT2D eigenvalue weighted by Crippen LogP contribution is -2.21. The molecule has 0 aliphatic heterocycles. The van der Waals surface area contributed by atoms with Gasteiger partial charge in [-0.25, -0.2) is 0 Å². The summed E-state index contributed by atoms with van der Waals surface area (Å²) in [6.45, 7) is 2.05. The second-order valence-corrected chi connectivity index (χ2v) is 9.22. The van der Waals surface area contributed by atoms with Gasteiger partial charge in [0.1, 0.15) is 0 Å². The number of nitrogens with zero attached hydrogens (tertiary/aromatic N) is 1. The molecular formula is C32H22ClNO. The summed E-state index contributed by atoms with van der Waals surface area (Å²) in [4.78, 5) is 14.1. The zero-order valence-electron chi connectivity index (χ0n) is 19.2. The molecule has 0 aliphatic rings. The van der Waals surface area contributed by atoms with E-state index in [0.29, 0.717) is 10.4 Å². The van der Waals surface area contributed by atoms with Crippen LogP contribution in [0.2, 0.25) is 5.02 Å². The molecule has 1 aromatic heterocycles. The molecule has 6 rings (SSSR count). The SMILES string of the molecule is Cc1ccc(-n2c(-c3cccc4ccccc34)c(-c3ccc(Cl)cc3)c3ccccc3c2=O)cc1. The smallest absolute Gasteiger partial charge is 0.263 e. The van der Waals surface area contributed by atoms with Crippen LogP contribution in [-0.2, 0) is 0 Å². The third kappa shape index (κ3) is 3.63. The molecule has 0 atom stereocenters. The lowest BCUT2D eigenvalue weighted by molar-refractivity contribution is 1.02. The van der Waals surface area contributed by atoms with E-state index < -0.39 is 0 Å². The number of fused-ring (bicyclic) bond motifs is 2. The van der Waals surface area contributed by atoms with E-state index in [4.69, 9.17) is 11.6 Å². The number of pyridine rings is 1. The fourth-order valence-corrected chi connectivity index (χ4v) is 5.01. The molecule has 2 nitrogen and oxygen atoms in total. The number of benzene rings is 5. The van der Waals surface area contributed by atoms with Crippen molar-refractivity contribution in [2.24, 2.45) is 0 Å². The number of rotatable bonds is 3. The number of aryl methyl sites for hydroxylation is 1. The maximum Gasteiger partial charge on any atom is 0.263 e. The average molecular weight is 472 g/mol. The lowest BCUT2D eigenvalue weighted by atomic mass is 9.91. The van der Waals surface area contributed by atoms with Crippen molar-refractivity contribution < 1.29 is 0 Å². The highest BCUT2D eigenvalue weighted by atomic mass is 35.5. The summed E-state index contributed by atoms with van der Waals surface area (Å²) in [6.07, 6.45) is 0. The van der Waals surface area contributed by atoms with Crippen LogP contribution in [0.25, 0.3) is 49.6 Å². The van der Waals surface area contributed by atoms with Crippen molar-refractivity contribution in [1.29, 1.82) is 0 Å². The molecule has 1 heterocycles. The van der Waals surface area contributed by atoms with Crippen LogP contribution in [0.15, 0.2) is 120 Å². The first-order valence-electron chi connectivity index (χ1n) is 11.6. The van der Waals surface area contributed by atoms with E-state index in [1.54, 1.807) is 0 Å². The molecule has 0 spiro atoms. The molecule has 5 aromatic carbocycles. The molecule has 0 N–H and O–H groups in total. The minimum Gasteiger partial charge on any atom is -0.276 e. The summed E-state index contributed by atoms with van der Waals surface area (Å²) in [5.74, 6) is 0. The highest BCUT2D eigenvalue weighted by Gasteiger charge is 2.22. The van der Waals surface area contributed by atoms with E-state index in [-0.39, 0.29) is 5.56 Å². The van der Waals surface area contributed by atoms with E-state index in [1.165, 1.54) is 0 Å². The zero-order chi connectivity index (χ0) is 23.9. The summed E-state index contributed by atoms with van der Waals surface area (Å²) >= 11 is 6.26. The molecule has 0 aliphatic carbocycles. The van der Waals surface area contributed by atoms with Crippen molar-refractivity contribution in [2.75, 3.05) is 0 Å². The molecule has 6 aromatic rings. The van der Waals surface area contributed by atoms with Crippen molar-refractivity contribution in [3.8, 4) is 28.1 Å². The molecule has 0 unspecified atom stereocenters. The van der Waals surface area contributed by atoms with Crippen LogP contribution in [0.3, 0.4) is 0 Å². The van der Waals surface area contributed by atoms with Gasteiger partial charge in [-0.15, -0.1) is 0 Å². The Balaban J connectivity index is 1.87. The molecule has 0 radical (unpaired) electrons. The van der Waals surface area contributed by atoms with Gasteiger partial charge in [-0.05, 0) is 59.0 Å². The first-order valence-corrected chi connectivity index (χ1v) is 12.0. The number of hydrogen-bond donors (Lipinski definition) is 0. The highest BCUT2D eigenvalue weighted by Crippen LogP contribution is 2.40. The topological polar surface area (TPSA) is 22.0 Å². The number of aromatic nitrogens is 1. The van der Waals surface area contributed by atoms with Crippen molar-refractivity contribution in [1.82, 2.24) is 4.57 Å². The van der Waals surface area contributed by atoms with Crippen LogP contribution in [0.5, 0.6) is 0 Å². The quantitative estimate of drug-likeness (QED) is 0.254. The molecule has 0 saturated heterocycles. The molecule has 0 amide bonds. The molecular weight excluding hydrogens is 450 g/mol. The summed E-state index contributed by atoms with van der Waals surface area (Å²) in [7, 11) is 0. The molecule has 35 heavy (non-hydrogen) atoms. The van der Waals surface area contributed by atoms with Crippen molar-refractivity contribution in [2.45, 2.75) is 6.92 Å². The maximum absolute atomic E-state index is 14.1. The van der Waals surface area contributed by atoms with E-state index in [1.807, 2.05) is 89.5 Å². The Kier molecular flexibility index (Phi) is 5.24. The normalized spacial score (nSPS) is 11.3. The van der Waals surface area contributed by atoms with Gasteiger partial charge in [0.15, 0.2) is 0 Å². The second kappa shape index (κ2) is 8.57. The minimum atomic E-state index is -0.0369. The lowest BCUT2D eigenvalue weighted by Gasteiger charge is -2.22. The highest BCUT2D eigenvalue weighted by molar-refractivity contribution is 6.30. The summed E-state index contributed by atoms with van der Waals surface area (Å²) in [5.41, 5.74) is 5.85. The van der Waals surface area contributed by atoms with Crippen LogP contribution >= 0.6 is 11.6 Å². The number of hydrogen-bond acceptors (Lipinski definition) is 1. The van der Waals surface area contributed by atoms with Gasteiger partial charge in [0.2, 0.25) is 0 Å². The van der Waals surface area contributed by atoms with Crippen LogP contribution < -0.4 is 5.56 Å². The number of halogens is 1. The largest absolute Gasteiger partial charge is 0.276 e. The first kappa shape index (κ1) is 21.4. The van der Waals surface area contributed by atoms with Crippen molar-refractivity contribution in [3.63, 3.8) is 0 Å². The standard InChI is InChI=1S/C32H22ClNO/c1-21-13-19-25(20-14-21)34-31(28-12-6-8-22-7-2-3-9-26(22)28)30(23-15-17-24(33)18-16-23)27-10-4-5-11-29(27)32(34)35/h2-20H,1H3. The van der Waals surface area contributed by atoms with Crippen LogP contribution in [-0.4, -0.2) is 4.57 Å². The monoisotopic (exact) mass is 471 g/mol. The fraction of sp³-hybridized carbons (Fsp3) is 0.0312. The summed E-state index contributed by atoms with van der Waals surface area (Å²) in [5, 5.41) is 4.51. The third-order valence-corrected chi connectivity index (χ3v) is 6.81. The molecule has 0 bridgehead atoms. The van der Waals surface area contributed by atoms with Gasteiger partial charge in [0.05, 0.1) is 5.69 Å². The minimum absolute atomic E-state index is 0.0369. The van der Waals surface area contributed by atoms with Gasteiger partial charge in [-0.3, -0.25) is 9.36 Å². The zero-order valence-corrected chi connectivity index (χ0v) is 20.0. The molecule has 0 fully saturated rings. The van der Waals surface area contributed by atoms with Gasteiger partial charge in [-0.1, -0.05) is 102 Å². The van der Waals surface area contributed by atoms with Crippen molar-refractivity contribution >= 4 is 33.1 Å². The third-order valence-electron chi connectivity index (χ3n) is 6.56. The van der Waals surface area contributed by atoms with Gasteiger partial charge in [-0.2, -0.15) is 0 Å². The van der Waals surface area contributed by atoms with E-state index in [2.05, 4.69) is 37.3 Å². The Labute approximate surface area is 208 Å². The Hall–Kier alpha value is -4.14. The molecule has 0 saturated carbocycles. The van der Waals surface area contributed by atoms with Gasteiger partial charge < -0.3 is 0 Å². The summed E-state index contributed by atoms with van der Waals surface area (Å²) < 4.78 is 1.87. The Bertz CT molecular complexity index is 1760. The van der Waals surface area contributed by atoms with Gasteiger partial charge in [0.25, 0.3) is 5.56 Å². The Morgan fingerprint density at radius 3 is 2.00 bits per heavy atom. The Morgan fingerprint density at radius 1 is 0.629 bits per heavy atom. The Morgan fingerprint density at radius 2 is 1.26 bits per heavy atom. The fourth-order valence-electron chi connectivity index (χ4n) is 4.88. The van der Waals surface area contributed by atoms with Crippen molar-refractivity contribution in [3.05, 3.63) is 136 Å². The van der Waals surface area contributed by atoms with Gasteiger partial charge >= 0.3 is 0 Å². The predicted octanol–water partition coefficient (Wildman–Crippen LogP) is 8.44.